The molecule has 1 aliphatic heterocycles. The molecule has 0 aliphatic carbocycles. The number of sulfonamides is 1. The van der Waals surface area contributed by atoms with Gasteiger partial charge in [-0.2, -0.15) is 0 Å². The highest BCUT2D eigenvalue weighted by molar-refractivity contribution is 7.89. The number of nitrogen functional groups attached to an aromatic ring is 1. The molecule has 0 unspecified atom stereocenters. The number of hydrogen-bond donors (Lipinski definition) is 2. The van der Waals surface area contributed by atoms with E-state index in [-0.39, 0.29) is 16.6 Å². The third kappa shape index (κ3) is 3.88. The van der Waals surface area contributed by atoms with Crippen molar-refractivity contribution in [1.29, 1.82) is 0 Å². The first-order valence-corrected chi connectivity index (χ1v) is 9.00. The van der Waals surface area contributed by atoms with E-state index >= 15 is 0 Å². The highest BCUT2D eigenvalue weighted by Crippen LogP contribution is 2.26. The maximum atomic E-state index is 12.5. The smallest absolute Gasteiger partial charge is 0.241 e. The standard InChI is InChI=1S/C14H22ClN3O2S/c1-3-18-6-4-11(5-7-18)17-21(19,20)14-9-13(16)12(15)8-10(14)2/h8-9,11,17H,3-7,16H2,1-2H3. The fourth-order valence-electron chi connectivity index (χ4n) is 2.61. The summed E-state index contributed by atoms with van der Waals surface area (Å²) in [5, 5.41) is 0.378. The van der Waals surface area contributed by atoms with E-state index in [0.717, 1.165) is 32.5 Å². The molecular formula is C14H22ClN3O2S. The fraction of sp³-hybridized carbons (Fsp3) is 0.571. The van der Waals surface area contributed by atoms with Gasteiger partial charge in [0.2, 0.25) is 10.0 Å². The zero-order valence-corrected chi connectivity index (χ0v) is 14.0. The molecule has 3 N–H and O–H groups in total. The predicted molar refractivity (Wildman–Crippen MR) is 86.1 cm³/mol. The van der Waals surface area contributed by atoms with Gasteiger partial charge >= 0.3 is 0 Å². The summed E-state index contributed by atoms with van der Waals surface area (Å²) in [5.74, 6) is 0. The Kier molecular flexibility index (Phi) is 5.14. The second-order valence-corrected chi connectivity index (χ2v) is 7.56. The lowest BCUT2D eigenvalue weighted by Crippen LogP contribution is -2.44. The second kappa shape index (κ2) is 6.52. The number of nitrogens with one attached hydrogen (secondary N) is 1. The van der Waals surface area contributed by atoms with Gasteiger partial charge in [0.15, 0.2) is 0 Å². The van der Waals surface area contributed by atoms with Crippen molar-refractivity contribution in [3.05, 3.63) is 22.7 Å². The quantitative estimate of drug-likeness (QED) is 0.827. The van der Waals surface area contributed by atoms with E-state index in [0.29, 0.717) is 10.6 Å². The first-order valence-electron chi connectivity index (χ1n) is 7.13. The number of rotatable bonds is 4. The molecule has 0 bridgehead atoms. The molecule has 1 heterocycles. The molecular weight excluding hydrogens is 310 g/mol. The zero-order chi connectivity index (χ0) is 15.6. The van der Waals surface area contributed by atoms with Crippen LogP contribution in [0.15, 0.2) is 17.0 Å². The minimum Gasteiger partial charge on any atom is -0.397 e. The molecule has 7 heteroatoms. The van der Waals surface area contributed by atoms with Gasteiger partial charge in [0.1, 0.15) is 0 Å². The largest absolute Gasteiger partial charge is 0.397 e. The van der Waals surface area contributed by atoms with Gasteiger partial charge in [-0.25, -0.2) is 13.1 Å². The van der Waals surface area contributed by atoms with Gasteiger partial charge in [-0.1, -0.05) is 18.5 Å². The van der Waals surface area contributed by atoms with E-state index in [1.54, 1.807) is 13.0 Å². The molecule has 1 aromatic rings. The Hall–Kier alpha value is -0.820. The maximum absolute atomic E-state index is 12.5. The number of nitrogens with zero attached hydrogens (tertiary/aromatic N) is 1. The molecule has 0 radical (unpaired) electrons. The van der Waals surface area contributed by atoms with Crippen LogP contribution in [0.4, 0.5) is 5.69 Å². The van der Waals surface area contributed by atoms with Crippen LogP contribution in [0.1, 0.15) is 25.3 Å². The van der Waals surface area contributed by atoms with Gasteiger partial charge in [0, 0.05) is 6.04 Å². The summed E-state index contributed by atoms with van der Waals surface area (Å²) in [6, 6.07) is 3.00. The van der Waals surface area contributed by atoms with Crippen molar-refractivity contribution in [2.75, 3.05) is 25.4 Å². The van der Waals surface area contributed by atoms with Crippen molar-refractivity contribution in [3.8, 4) is 0 Å². The highest BCUT2D eigenvalue weighted by atomic mass is 35.5. The average Bonchev–Trinajstić information content (AvgIpc) is 2.43. The van der Waals surface area contributed by atoms with Crippen LogP contribution in [0.25, 0.3) is 0 Å². The number of halogens is 1. The lowest BCUT2D eigenvalue weighted by atomic mass is 10.1. The van der Waals surface area contributed by atoms with Crippen molar-refractivity contribution < 1.29 is 8.42 Å². The summed E-state index contributed by atoms with van der Waals surface area (Å²) in [5.41, 5.74) is 6.61. The van der Waals surface area contributed by atoms with Crippen LogP contribution >= 0.6 is 11.6 Å². The molecule has 0 spiro atoms. The van der Waals surface area contributed by atoms with Gasteiger partial charge in [-0.15, -0.1) is 0 Å². The third-order valence-electron chi connectivity index (χ3n) is 3.94. The zero-order valence-electron chi connectivity index (χ0n) is 12.4. The molecule has 2 rings (SSSR count). The summed E-state index contributed by atoms with van der Waals surface area (Å²) in [6.45, 7) is 6.69. The molecule has 118 valence electrons. The maximum Gasteiger partial charge on any atom is 0.241 e. The van der Waals surface area contributed by atoms with E-state index in [1.165, 1.54) is 6.07 Å². The molecule has 1 aromatic carbocycles. The van der Waals surface area contributed by atoms with Gasteiger partial charge in [-0.3, -0.25) is 0 Å². The minimum absolute atomic E-state index is 0.0193. The van der Waals surface area contributed by atoms with Crippen molar-refractivity contribution in [2.45, 2.75) is 37.6 Å². The first kappa shape index (κ1) is 16.5. The minimum atomic E-state index is -3.56. The van der Waals surface area contributed by atoms with Crippen LogP contribution in [0.2, 0.25) is 5.02 Å². The second-order valence-electron chi connectivity index (χ2n) is 5.47. The van der Waals surface area contributed by atoms with Crippen LogP contribution in [0.5, 0.6) is 0 Å². The number of likely N-dealkylation sites (tertiary alicyclic amines) is 1. The van der Waals surface area contributed by atoms with E-state index in [2.05, 4.69) is 16.5 Å². The number of aryl methyl sites for hydroxylation is 1. The number of benzene rings is 1. The van der Waals surface area contributed by atoms with Crippen LogP contribution in [0, 0.1) is 6.92 Å². The van der Waals surface area contributed by atoms with Crippen molar-refractivity contribution in [3.63, 3.8) is 0 Å². The summed E-state index contributed by atoms with van der Waals surface area (Å²) >= 11 is 5.91. The van der Waals surface area contributed by atoms with E-state index < -0.39 is 10.0 Å². The summed E-state index contributed by atoms with van der Waals surface area (Å²) in [4.78, 5) is 2.53. The van der Waals surface area contributed by atoms with Gasteiger partial charge in [-0.05, 0) is 57.1 Å². The molecule has 0 amide bonds. The Morgan fingerprint density at radius 1 is 1.38 bits per heavy atom. The van der Waals surface area contributed by atoms with Crippen LogP contribution in [-0.2, 0) is 10.0 Å². The van der Waals surface area contributed by atoms with Gasteiger partial charge in [0.25, 0.3) is 0 Å². The number of nitrogens with two attached hydrogens (primary N) is 1. The van der Waals surface area contributed by atoms with Crippen LogP contribution in [-0.4, -0.2) is 39.0 Å². The number of anilines is 1. The number of piperidine rings is 1. The molecule has 21 heavy (non-hydrogen) atoms. The summed E-state index contributed by atoms with van der Waals surface area (Å²) in [7, 11) is -3.56. The molecule has 1 aliphatic rings. The Morgan fingerprint density at radius 3 is 2.57 bits per heavy atom. The molecule has 0 saturated carbocycles. The van der Waals surface area contributed by atoms with Crippen molar-refractivity contribution in [1.82, 2.24) is 9.62 Å². The lowest BCUT2D eigenvalue weighted by Gasteiger charge is -2.31. The molecule has 0 aromatic heterocycles. The predicted octanol–water partition coefficient (Wildman–Crippen LogP) is 1.99. The Labute approximate surface area is 131 Å². The van der Waals surface area contributed by atoms with Crippen LogP contribution in [0.3, 0.4) is 0 Å². The molecule has 0 atom stereocenters. The van der Waals surface area contributed by atoms with Crippen molar-refractivity contribution >= 4 is 27.3 Å². The Balaban J connectivity index is 2.14. The van der Waals surface area contributed by atoms with Crippen molar-refractivity contribution in [2.24, 2.45) is 0 Å². The monoisotopic (exact) mass is 331 g/mol. The third-order valence-corrected chi connectivity index (χ3v) is 5.93. The fourth-order valence-corrected chi connectivity index (χ4v) is 4.39. The van der Waals surface area contributed by atoms with E-state index in [4.69, 9.17) is 17.3 Å². The highest BCUT2D eigenvalue weighted by Gasteiger charge is 2.25. The summed E-state index contributed by atoms with van der Waals surface area (Å²) in [6.07, 6.45) is 1.66. The molecule has 1 fully saturated rings. The first-order chi connectivity index (χ1) is 9.83. The average molecular weight is 332 g/mol. The van der Waals surface area contributed by atoms with Crippen LogP contribution < -0.4 is 10.5 Å². The lowest BCUT2D eigenvalue weighted by molar-refractivity contribution is 0.217. The Bertz CT molecular complexity index is 611. The van der Waals surface area contributed by atoms with Gasteiger partial charge < -0.3 is 10.6 Å². The normalized spacial score (nSPS) is 18.0. The molecule has 5 nitrogen and oxygen atoms in total. The van der Waals surface area contributed by atoms with E-state index in [9.17, 15) is 8.42 Å². The molecule has 1 saturated heterocycles. The SMILES string of the molecule is CCN1CCC(NS(=O)(=O)c2cc(N)c(Cl)cc2C)CC1. The summed E-state index contributed by atoms with van der Waals surface area (Å²) < 4.78 is 27.8. The Morgan fingerprint density at radius 2 is 2.00 bits per heavy atom. The topological polar surface area (TPSA) is 75.4 Å². The van der Waals surface area contributed by atoms with Gasteiger partial charge in [0.05, 0.1) is 15.6 Å². The van der Waals surface area contributed by atoms with E-state index in [1.807, 2.05) is 0 Å². The number of hydrogen-bond acceptors (Lipinski definition) is 4.